The first-order valence-electron chi connectivity index (χ1n) is 7.35. The lowest BCUT2D eigenvalue weighted by molar-refractivity contribution is 0.107. The Morgan fingerprint density at radius 3 is 2.47 bits per heavy atom. The van der Waals surface area contributed by atoms with Crippen LogP contribution in [0.5, 0.6) is 0 Å². The van der Waals surface area contributed by atoms with E-state index in [0.29, 0.717) is 6.04 Å². The third kappa shape index (κ3) is 3.21. The minimum atomic E-state index is 0.601. The molecule has 1 aromatic rings. The average molecular weight is 279 g/mol. The van der Waals surface area contributed by atoms with Gasteiger partial charge < -0.3 is 4.90 Å². The number of likely N-dealkylation sites (tertiary alicyclic amines) is 1. The van der Waals surface area contributed by atoms with E-state index < -0.39 is 0 Å². The predicted molar refractivity (Wildman–Crippen MR) is 84.8 cm³/mol. The Kier molecular flexibility index (Phi) is 5.04. The van der Waals surface area contributed by atoms with Gasteiger partial charge in [-0.05, 0) is 63.7 Å². The van der Waals surface area contributed by atoms with Gasteiger partial charge in [-0.1, -0.05) is 6.92 Å². The van der Waals surface area contributed by atoms with Gasteiger partial charge in [0.05, 0.1) is 0 Å². The summed E-state index contributed by atoms with van der Waals surface area (Å²) < 4.78 is 0. The maximum absolute atomic E-state index is 4.12. The number of nitrogens with zero attached hydrogens (tertiary/aromatic N) is 2. The molecule has 0 spiro atoms. The Labute approximate surface area is 122 Å². The van der Waals surface area contributed by atoms with Gasteiger partial charge in [-0.3, -0.25) is 4.90 Å². The quantitative estimate of drug-likeness (QED) is 0.829. The molecule has 2 rings (SSSR count). The molecule has 0 aromatic carbocycles. The van der Waals surface area contributed by atoms with Crippen LogP contribution in [-0.2, 0) is 0 Å². The summed E-state index contributed by atoms with van der Waals surface area (Å²) in [5.41, 5.74) is 2.62. The molecule has 3 heteroatoms. The highest BCUT2D eigenvalue weighted by Gasteiger charge is 2.27. The number of hydrogen-bond acceptors (Lipinski definition) is 3. The van der Waals surface area contributed by atoms with E-state index in [1.807, 2.05) is 11.3 Å². The van der Waals surface area contributed by atoms with Gasteiger partial charge in [-0.25, -0.2) is 0 Å². The largest absolute Gasteiger partial charge is 0.306 e. The summed E-state index contributed by atoms with van der Waals surface area (Å²) in [6.07, 6.45) is 3.80. The summed E-state index contributed by atoms with van der Waals surface area (Å²) in [5.74, 6) is 0. The van der Waals surface area contributed by atoms with Gasteiger partial charge in [-0.2, -0.15) is 0 Å². The zero-order valence-corrected chi connectivity index (χ0v) is 13.6. The Morgan fingerprint density at radius 1 is 1.42 bits per heavy atom. The topological polar surface area (TPSA) is 6.48 Å². The van der Waals surface area contributed by atoms with E-state index in [1.54, 1.807) is 0 Å². The second kappa shape index (κ2) is 6.38. The molecule has 1 saturated heterocycles. The fraction of sp³-hybridized carbons (Fsp3) is 0.688. The summed E-state index contributed by atoms with van der Waals surface area (Å²) in [6.45, 7) is 11.1. The van der Waals surface area contributed by atoms with Crippen molar-refractivity contribution in [3.8, 4) is 0 Å². The minimum absolute atomic E-state index is 0.601. The highest BCUT2D eigenvalue weighted by molar-refractivity contribution is 7.10. The molecule has 2 heterocycles. The van der Waals surface area contributed by atoms with Gasteiger partial charge in [0.15, 0.2) is 0 Å². The van der Waals surface area contributed by atoms with Crippen molar-refractivity contribution in [2.75, 3.05) is 27.2 Å². The maximum atomic E-state index is 4.12. The van der Waals surface area contributed by atoms with Gasteiger partial charge in [-0.15, -0.1) is 11.3 Å². The number of hydrogen-bond donors (Lipinski definition) is 0. The Balaban J connectivity index is 2.06. The molecule has 0 N–H and O–H groups in total. The van der Waals surface area contributed by atoms with Crippen molar-refractivity contribution in [2.45, 2.75) is 45.2 Å². The summed E-state index contributed by atoms with van der Waals surface area (Å²) in [7, 11) is 4.41. The number of thiophene rings is 1. The SMILES string of the molecule is [CH2]c1csc([C@H](CC)N2CCC(N(C)C)CC2)c1C. The third-order valence-electron chi connectivity index (χ3n) is 4.54. The van der Waals surface area contributed by atoms with Crippen LogP contribution in [0, 0.1) is 13.8 Å². The zero-order valence-electron chi connectivity index (χ0n) is 12.8. The van der Waals surface area contributed by atoms with E-state index in [1.165, 1.54) is 48.4 Å². The molecule has 2 nitrogen and oxygen atoms in total. The van der Waals surface area contributed by atoms with Gasteiger partial charge >= 0.3 is 0 Å². The normalized spacial score (nSPS) is 20.1. The van der Waals surface area contributed by atoms with Crippen LogP contribution in [0.3, 0.4) is 0 Å². The van der Waals surface area contributed by atoms with E-state index in [4.69, 9.17) is 0 Å². The van der Waals surface area contributed by atoms with Crippen LogP contribution in [-0.4, -0.2) is 43.0 Å². The highest BCUT2D eigenvalue weighted by Crippen LogP contribution is 2.35. The summed E-state index contributed by atoms with van der Waals surface area (Å²) in [5, 5.41) is 2.21. The second-order valence-corrected chi connectivity index (χ2v) is 6.82. The number of rotatable bonds is 4. The van der Waals surface area contributed by atoms with E-state index in [2.05, 4.69) is 50.0 Å². The van der Waals surface area contributed by atoms with Crippen molar-refractivity contribution in [3.63, 3.8) is 0 Å². The van der Waals surface area contributed by atoms with E-state index in [-0.39, 0.29) is 0 Å². The molecule has 1 aliphatic rings. The van der Waals surface area contributed by atoms with Crippen LogP contribution in [0.4, 0.5) is 0 Å². The zero-order chi connectivity index (χ0) is 14.0. The van der Waals surface area contributed by atoms with E-state index in [0.717, 1.165) is 6.04 Å². The summed E-state index contributed by atoms with van der Waals surface area (Å²) in [4.78, 5) is 6.59. The van der Waals surface area contributed by atoms with Crippen LogP contribution < -0.4 is 0 Å². The Morgan fingerprint density at radius 2 is 2.05 bits per heavy atom. The molecule has 0 aliphatic carbocycles. The molecule has 1 aliphatic heterocycles. The van der Waals surface area contributed by atoms with Gasteiger partial charge in [0.25, 0.3) is 0 Å². The van der Waals surface area contributed by atoms with Crippen LogP contribution in [0.2, 0.25) is 0 Å². The third-order valence-corrected chi connectivity index (χ3v) is 5.77. The molecule has 1 atom stereocenters. The lowest BCUT2D eigenvalue weighted by atomic mass is 9.99. The van der Waals surface area contributed by atoms with Crippen LogP contribution >= 0.6 is 11.3 Å². The molecule has 1 radical (unpaired) electrons. The average Bonchev–Trinajstić information content (AvgIpc) is 2.73. The van der Waals surface area contributed by atoms with Crippen LogP contribution in [0.15, 0.2) is 5.38 Å². The molecule has 0 bridgehead atoms. The predicted octanol–water partition coefficient (Wildman–Crippen LogP) is 3.72. The summed E-state index contributed by atoms with van der Waals surface area (Å²) in [6, 6.07) is 1.37. The molecular weight excluding hydrogens is 252 g/mol. The molecule has 0 saturated carbocycles. The lowest BCUT2D eigenvalue weighted by Crippen LogP contribution is -2.43. The van der Waals surface area contributed by atoms with Gasteiger partial charge in [0.2, 0.25) is 0 Å². The van der Waals surface area contributed by atoms with E-state index >= 15 is 0 Å². The molecule has 0 unspecified atom stereocenters. The summed E-state index contributed by atoms with van der Waals surface area (Å²) >= 11 is 1.90. The molecule has 1 aromatic heterocycles. The molecule has 107 valence electrons. The van der Waals surface area contributed by atoms with Crippen LogP contribution in [0.25, 0.3) is 0 Å². The van der Waals surface area contributed by atoms with Crippen molar-refractivity contribution >= 4 is 11.3 Å². The van der Waals surface area contributed by atoms with Gasteiger partial charge in [0, 0.05) is 30.1 Å². The van der Waals surface area contributed by atoms with Gasteiger partial charge in [0.1, 0.15) is 0 Å². The van der Waals surface area contributed by atoms with Crippen molar-refractivity contribution in [3.05, 3.63) is 28.3 Å². The van der Waals surface area contributed by atoms with Crippen molar-refractivity contribution in [1.82, 2.24) is 9.80 Å². The Bertz CT molecular complexity index is 403. The first kappa shape index (κ1) is 15.0. The smallest absolute Gasteiger partial charge is 0.0441 e. The Hall–Kier alpha value is -0.380. The van der Waals surface area contributed by atoms with E-state index in [9.17, 15) is 0 Å². The lowest BCUT2D eigenvalue weighted by Gasteiger charge is -2.39. The van der Waals surface area contributed by atoms with Crippen molar-refractivity contribution in [2.24, 2.45) is 0 Å². The molecule has 1 fully saturated rings. The molecule has 0 amide bonds. The molecular formula is C16H27N2S. The number of piperidine rings is 1. The van der Waals surface area contributed by atoms with Crippen LogP contribution in [0.1, 0.15) is 48.2 Å². The van der Waals surface area contributed by atoms with Crippen molar-refractivity contribution < 1.29 is 0 Å². The fourth-order valence-electron chi connectivity index (χ4n) is 3.12. The maximum Gasteiger partial charge on any atom is 0.0441 e. The first-order chi connectivity index (χ1) is 9.04. The monoisotopic (exact) mass is 279 g/mol. The first-order valence-corrected chi connectivity index (χ1v) is 8.23. The standard InChI is InChI=1S/C16H27N2S/c1-6-15(16-13(3)12(2)11-19-16)18-9-7-14(8-10-18)17(4)5/h11,14-15H,2,6-10H2,1,3-5H3/t15-/m0/s1. The highest BCUT2D eigenvalue weighted by atomic mass is 32.1. The fourth-order valence-corrected chi connectivity index (χ4v) is 4.35. The minimum Gasteiger partial charge on any atom is -0.306 e. The second-order valence-electron chi connectivity index (χ2n) is 5.90. The molecule has 19 heavy (non-hydrogen) atoms. The van der Waals surface area contributed by atoms with Crippen molar-refractivity contribution in [1.29, 1.82) is 0 Å².